The van der Waals surface area contributed by atoms with Gasteiger partial charge < -0.3 is 10.4 Å². The molecular formula is C17H21NO. The molecule has 1 aliphatic rings. The van der Waals surface area contributed by atoms with Gasteiger partial charge in [0.1, 0.15) is 5.76 Å². The Morgan fingerprint density at radius 3 is 2.79 bits per heavy atom. The van der Waals surface area contributed by atoms with Crippen LogP contribution in [0.5, 0.6) is 0 Å². The Morgan fingerprint density at radius 1 is 1.21 bits per heavy atom. The van der Waals surface area contributed by atoms with E-state index >= 15 is 0 Å². The lowest BCUT2D eigenvalue weighted by Gasteiger charge is -2.07. The quantitative estimate of drug-likeness (QED) is 0.782. The van der Waals surface area contributed by atoms with Crippen molar-refractivity contribution in [2.24, 2.45) is 0 Å². The summed E-state index contributed by atoms with van der Waals surface area (Å²) < 4.78 is 0. The van der Waals surface area contributed by atoms with Crippen molar-refractivity contribution in [3.8, 4) is 0 Å². The van der Waals surface area contributed by atoms with Crippen LogP contribution in [0.1, 0.15) is 25.3 Å². The smallest absolute Gasteiger partial charge is 0.118 e. The van der Waals surface area contributed by atoms with Gasteiger partial charge in [-0.25, -0.2) is 0 Å². The summed E-state index contributed by atoms with van der Waals surface area (Å²) in [4.78, 5) is 0. The number of hydrogen-bond acceptors (Lipinski definition) is 2. The van der Waals surface area contributed by atoms with Crippen molar-refractivity contribution < 1.29 is 5.11 Å². The van der Waals surface area contributed by atoms with E-state index in [1.807, 2.05) is 19.1 Å². The molecule has 0 amide bonds. The standard InChI is InChI=1S/C17H21NO/c1-14-12-15(8-5-9-17(14)19)10-11-18-13-16-6-3-2-4-7-16/h2-7,9,12,18-19H,8,10-11,13H2,1H3. The maximum Gasteiger partial charge on any atom is 0.118 e. The highest BCUT2D eigenvalue weighted by molar-refractivity contribution is 5.33. The molecule has 0 spiro atoms. The molecule has 0 saturated carbocycles. The SMILES string of the molecule is CC1=C(O)C=CCC(CCNCc2ccccc2)=C1. The second kappa shape index (κ2) is 6.95. The topological polar surface area (TPSA) is 32.3 Å². The van der Waals surface area contributed by atoms with E-state index in [0.717, 1.165) is 31.5 Å². The van der Waals surface area contributed by atoms with Crippen LogP contribution in [0, 0.1) is 0 Å². The molecule has 0 aliphatic heterocycles. The molecule has 1 aromatic rings. The van der Waals surface area contributed by atoms with Crippen LogP contribution < -0.4 is 5.32 Å². The van der Waals surface area contributed by atoms with Crippen LogP contribution in [-0.4, -0.2) is 11.7 Å². The first-order valence-corrected chi connectivity index (χ1v) is 6.76. The van der Waals surface area contributed by atoms with Crippen LogP contribution in [-0.2, 0) is 6.54 Å². The molecule has 0 fully saturated rings. The van der Waals surface area contributed by atoms with E-state index in [2.05, 4.69) is 35.7 Å². The molecule has 1 aliphatic carbocycles. The summed E-state index contributed by atoms with van der Waals surface area (Å²) in [6.45, 7) is 3.81. The van der Waals surface area contributed by atoms with Crippen LogP contribution in [0.3, 0.4) is 0 Å². The Labute approximate surface area is 115 Å². The lowest BCUT2D eigenvalue weighted by Crippen LogP contribution is -2.15. The second-order valence-corrected chi connectivity index (χ2v) is 4.89. The van der Waals surface area contributed by atoms with Gasteiger partial charge in [0, 0.05) is 6.54 Å². The van der Waals surface area contributed by atoms with E-state index in [9.17, 15) is 5.11 Å². The minimum Gasteiger partial charge on any atom is -0.508 e. The van der Waals surface area contributed by atoms with E-state index in [1.54, 1.807) is 6.08 Å². The molecular weight excluding hydrogens is 234 g/mol. The summed E-state index contributed by atoms with van der Waals surface area (Å²) in [5.74, 6) is 0.382. The molecule has 1 aromatic carbocycles. The molecule has 0 unspecified atom stereocenters. The fraction of sp³-hybridized carbons (Fsp3) is 0.294. The molecule has 0 bridgehead atoms. The van der Waals surface area contributed by atoms with Crippen molar-refractivity contribution in [3.05, 3.63) is 71.0 Å². The minimum absolute atomic E-state index is 0.382. The zero-order valence-electron chi connectivity index (χ0n) is 11.4. The second-order valence-electron chi connectivity index (χ2n) is 4.89. The zero-order chi connectivity index (χ0) is 13.5. The third-order valence-corrected chi connectivity index (χ3v) is 3.28. The summed E-state index contributed by atoms with van der Waals surface area (Å²) in [6, 6.07) is 10.4. The molecule has 19 heavy (non-hydrogen) atoms. The molecule has 0 radical (unpaired) electrons. The monoisotopic (exact) mass is 255 g/mol. The number of nitrogens with one attached hydrogen (secondary N) is 1. The summed E-state index contributed by atoms with van der Waals surface area (Å²) in [5.41, 5.74) is 3.62. The van der Waals surface area contributed by atoms with E-state index in [0.29, 0.717) is 5.76 Å². The molecule has 2 nitrogen and oxygen atoms in total. The first-order chi connectivity index (χ1) is 9.25. The van der Waals surface area contributed by atoms with Crippen molar-refractivity contribution in [1.82, 2.24) is 5.32 Å². The predicted molar refractivity (Wildman–Crippen MR) is 79.9 cm³/mol. The Bertz CT molecular complexity index is 497. The zero-order valence-corrected chi connectivity index (χ0v) is 11.4. The van der Waals surface area contributed by atoms with E-state index < -0.39 is 0 Å². The van der Waals surface area contributed by atoms with Gasteiger partial charge in [0.25, 0.3) is 0 Å². The summed E-state index contributed by atoms with van der Waals surface area (Å²) in [6.07, 6.45) is 7.85. The maximum absolute atomic E-state index is 9.63. The van der Waals surface area contributed by atoms with Gasteiger partial charge in [-0.2, -0.15) is 0 Å². The van der Waals surface area contributed by atoms with Crippen molar-refractivity contribution in [2.45, 2.75) is 26.3 Å². The average molecular weight is 255 g/mol. The summed E-state index contributed by atoms with van der Waals surface area (Å²) in [7, 11) is 0. The molecule has 0 heterocycles. The predicted octanol–water partition coefficient (Wildman–Crippen LogP) is 3.88. The van der Waals surface area contributed by atoms with Gasteiger partial charge in [0.15, 0.2) is 0 Å². The van der Waals surface area contributed by atoms with Crippen molar-refractivity contribution in [2.75, 3.05) is 6.54 Å². The van der Waals surface area contributed by atoms with E-state index in [4.69, 9.17) is 0 Å². The molecule has 2 heteroatoms. The lowest BCUT2D eigenvalue weighted by molar-refractivity contribution is 0.427. The van der Waals surface area contributed by atoms with Crippen molar-refractivity contribution in [3.63, 3.8) is 0 Å². The number of aliphatic hydroxyl groups excluding tert-OH is 1. The number of benzene rings is 1. The van der Waals surface area contributed by atoms with Gasteiger partial charge in [-0.3, -0.25) is 0 Å². The highest BCUT2D eigenvalue weighted by Gasteiger charge is 2.03. The Balaban J connectivity index is 1.77. The highest BCUT2D eigenvalue weighted by Crippen LogP contribution is 2.17. The van der Waals surface area contributed by atoms with Crippen LogP contribution >= 0.6 is 0 Å². The molecule has 0 aromatic heterocycles. The third kappa shape index (κ3) is 4.42. The van der Waals surface area contributed by atoms with Crippen LogP contribution in [0.2, 0.25) is 0 Å². The molecule has 0 saturated heterocycles. The third-order valence-electron chi connectivity index (χ3n) is 3.28. The normalized spacial score (nSPS) is 15.3. The fourth-order valence-electron chi connectivity index (χ4n) is 2.14. The number of rotatable bonds is 5. The van der Waals surface area contributed by atoms with Gasteiger partial charge in [0.05, 0.1) is 0 Å². The minimum atomic E-state index is 0.382. The van der Waals surface area contributed by atoms with Crippen LogP contribution in [0.15, 0.2) is 65.5 Å². The molecule has 2 N–H and O–H groups in total. The van der Waals surface area contributed by atoms with Crippen molar-refractivity contribution >= 4 is 0 Å². The fourth-order valence-corrected chi connectivity index (χ4v) is 2.14. The Hall–Kier alpha value is -1.80. The number of hydrogen-bond donors (Lipinski definition) is 2. The molecule has 2 rings (SSSR count). The van der Waals surface area contributed by atoms with Gasteiger partial charge >= 0.3 is 0 Å². The average Bonchev–Trinajstić information content (AvgIpc) is 2.58. The first-order valence-electron chi connectivity index (χ1n) is 6.76. The van der Waals surface area contributed by atoms with Crippen LogP contribution in [0.25, 0.3) is 0 Å². The summed E-state index contributed by atoms with van der Waals surface area (Å²) in [5, 5.41) is 13.1. The molecule has 0 atom stereocenters. The van der Waals surface area contributed by atoms with Crippen LogP contribution in [0.4, 0.5) is 0 Å². The summed E-state index contributed by atoms with van der Waals surface area (Å²) >= 11 is 0. The highest BCUT2D eigenvalue weighted by atomic mass is 16.3. The Morgan fingerprint density at radius 2 is 2.00 bits per heavy atom. The van der Waals surface area contributed by atoms with E-state index in [1.165, 1.54) is 11.1 Å². The van der Waals surface area contributed by atoms with Crippen molar-refractivity contribution in [1.29, 1.82) is 0 Å². The van der Waals surface area contributed by atoms with Gasteiger partial charge in [-0.1, -0.05) is 48.1 Å². The number of allylic oxidation sites excluding steroid dienone is 4. The molecule has 100 valence electrons. The lowest BCUT2D eigenvalue weighted by atomic mass is 10.1. The maximum atomic E-state index is 9.63. The first kappa shape index (κ1) is 13.6. The van der Waals surface area contributed by atoms with Gasteiger partial charge in [-0.15, -0.1) is 0 Å². The van der Waals surface area contributed by atoms with E-state index in [-0.39, 0.29) is 0 Å². The Kier molecular flexibility index (Phi) is 4.99. The largest absolute Gasteiger partial charge is 0.508 e. The van der Waals surface area contributed by atoms with Gasteiger partial charge in [0.2, 0.25) is 0 Å². The van der Waals surface area contributed by atoms with Gasteiger partial charge in [-0.05, 0) is 43.5 Å². The number of aliphatic hydroxyl groups is 1.